The number of Topliss-reactive ketones (excluding diaryl/α,β-unsaturated/α-hetero) is 1. The van der Waals surface area contributed by atoms with Crippen LogP contribution in [0.25, 0.3) is 0 Å². The largest absolute Gasteiger partial charge is 0.547 e. The number of rotatable bonds is 9. The van der Waals surface area contributed by atoms with E-state index >= 15 is 0 Å². The first-order valence-electron chi connectivity index (χ1n) is 11.4. The van der Waals surface area contributed by atoms with E-state index in [9.17, 15) is 24.2 Å². The van der Waals surface area contributed by atoms with E-state index in [2.05, 4.69) is 5.32 Å². The fraction of sp³-hybridized carbons (Fsp3) is 0.565. The molecule has 0 bridgehead atoms. The van der Waals surface area contributed by atoms with Crippen molar-refractivity contribution in [3.63, 3.8) is 0 Å². The summed E-state index contributed by atoms with van der Waals surface area (Å²) in [4.78, 5) is 47.6. The Hall–Kier alpha value is -2.88. The van der Waals surface area contributed by atoms with E-state index in [0.717, 1.165) is 25.7 Å². The molecular formula is C23H30BNO8. The van der Waals surface area contributed by atoms with Crippen molar-refractivity contribution in [2.45, 2.75) is 70.7 Å². The molecule has 1 aromatic carbocycles. The zero-order valence-corrected chi connectivity index (χ0v) is 18.8. The van der Waals surface area contributed by atoms with Crippen molar-refractivity contribution in [1.82, 2.24) is 5.32 Å². The molecule has 0 radical (unpaired) electrons. The third-order valence-corrected chi connectivity index (χ3v) is 5.98. The van der Waals surface area contributed by atoms with E-state index in [-0.39, 0.29) is 48.2 Å². The number of hydrogen-bond donors (Lipinski definition) is 2. The van der Waals surface area contributed by atoms with E-state index in [1.807, 2.05) is 0 Å². The van der Waals surface area contributed by atoms with E-state index in [4.69, 9.17) is 14.1 Å². The molecule has 1 aliphatic heterocycles. The van der Waals surface area contributed by atoms with Crippen molar-refractivity contribution in [3.8, 4) is 5.75 Å². The lowest BCUT2D eigenvalue weighted by molar-refractivity contribution is -0.153. The van der Waals surface area contributed by atoms with Crippen LogP contribution < -0.4 is 9.97 Å². The number of ketones is 1. The van der Waals surface area contributed by atoms with Gasteiger partial charge >= 0.3 is 19.1 Å². The fourth-order valence-corrected chi connectivity index (χ4v) is 4.19. The third kappa shape index (κ3) is 7.31. The Balaban J connectivity index is 1.52. The van der Waals surface area contributed by atoms with Crippen molar-refractivity contribution in [2.75, 3.05) is 6.79 Å². The fourth-order valence-electron chi connectivity index (χ4n) is 4.19. The van der Waals surface area contributed by atoms with Crippen LogP contribution in [-0.2, 0) is 30.3 Å². The van der Waals surface area contributed by atoms with Gasteiger partial charge in [-0.05, 0) is 43.7 Å². The second-order valence-electron chi connectivity index (χ2n) is 8.66. The molecule has 1 amide bonds. The molecule has 2 aliphatic rings. The highest BCUT2D eigenvalue weighted by atomic mass is 16.7. The molecule has 1 aliphatic carbocycles. The number of esters is 2. The summed E-state index contributed by atoms with van der Waals surface area (Å²) in [6.07, 6.45) is 6.19. The molecule has 1 aromatic rings. The lowest BCUT2D eigenvalue weighted by Gasteiger charge is -2.29. The topological polar surface area (TPSA) is 128 Å². The Kier molecular flexibility index (Phi) is 8.88. The molecule has 178 valence electrons. The number of ether oxygens (including phenoxy) is 2. The van der Waals surface area contributed by atoms with Crippen LogP contribution >= 0.6 is 0 Å². The van der Waals surface area contributed by atoms with Crippen LogP contribution in [0, 0.1) is 5.92 Å². The summed E-state index contributed by atoms with van der Waals surface area (Å²) < 4.78 is 15.7. The van der Waals surface area contributed by atoms with Gasteiger partial charge in [0.05, 0.1) is 5.94 Å². The normalized spacial score (nSPS) is 18.0. The maximum atomic E-state index is 12.5. The number of fused-ring (bicyclic) bond motifs is 1. The zero-order chi connectivity index (χ0) is 23.8. The van der Waals surface area contributed by atoms with Crippen LogP contribution in [0.2, 0.25) is 0 Å². The molecule has 3 rings (SSSR count). The number of nitrogens with one attached hydrogen (secondary N) is 1. The molecule has 2 N–H and O–H groups in total. The lowest BCUT2D eigenvalue weighted by Crippen LogP contribution is -2.53. The van der Waals surface area contributed by atoms with Gasteiger partial charge in [0, 0.05) is 19.3 Å². The van der Waals surface area contributed by atoms with Gasteiger partial charge in [0.1, 0.15) is 17.1 Å². The predicted molar refractivity (Wildman–Crippen MR) is 118 cm³/mol. The van der Waals surface area contributed by atoms with E-state index in [1.54, 1.807) is 12.1 Å². The van der Waals surface area contributed by atoms with Crippen LogP contribution in [0.5, 0.6) is 5.75 Å². The Bertz CT molecular complexity index is 883. The number of benzene rings is 1. The summed E-state index contributed by atoms with van der Waals surface area (Å²) in [5.41, 5.74) is 0.706. The van der Waals surface area contributed by atoms with E-state index in [1.165, 1.54) is 19.4 Å². The number of carbonyl (C=O) groups is 4. The molecular weight excluding hydrogens is 429 g/mol. The molecule has 0 aromatic heterocycles. The van der Waals surface area contributed by atoms with Crippen molar-refractivity contribution in [2.24, 2.45) is 5.92 Å². The van der Waals surface area contributed by atoms with E-state index < -0.39 is 25.8 Å². The first-order chi connectivity index (χ1) is 15.8. The molecule has 9 nitrogen and oxygen atoms in total. The molecule has 1 heterocycles. The minimum absolute atomic E-state index is 0.0250. The highest BCUT2D eigenvalue weighted by molar-refractivity contribution is 6.47. The van der Waals surface area contributed by atoms with Gasteiger partial charge in [0.25, 0.3) is 0 Å². The number of amides is 1. The smallest absolute Gasteiger partial charge is 0.534 e. The van der Waals surface area contributed by atoms with Gasteiger partial charge in [0.2, 0.25) is 12.7 Å². The van der Waals surface area contributed by atoms with Crippen LogP contribution in [-0.4, -0.2) is 48.5 Å². The molecule has 0 spiro atoms. The minimum atomic E-state index is -1.37. The van der Waals surface area contributed by atoms with Gasteiger partial charge in [-0.1, -0.05) is 31.4 Å². The summed E-state index contributed by atoms with van der Waals surface area (Å²) in [5.74, 6) is -1.82. The summed E-state index contributed by atoms with van der Waals surface area (Å²) in [7, 11) is -1.37. The van der Waals surface area contributed by atoms with Crippen molar-refractivity contribution < 1.29 is 38.3 Å². The van der Waals surface area contributed by atoms with Crippen molar-refractivity contribution in [1.29, 1.82) is 0 Å². The first-order valence-corrected chi connectivity index (χ1v) is 11.4. The van der Waals surface area contributed by atoms with Crippen LogP contribution in [0.1, 0.15) is 74.2 Å². The Morgan fingerprint density at radius 2 is 1.88 bits per heavy atom. The van der Waals surface area contributed by atoms with Gasteiger partial charge < -0.3 is 29.3 Å². The average Bonchev–Trinajstić information content (AvgIpc) is 2.78. The Morgan fingerprint density at radius 1 is 1.12 bits per heavy atom. The average molecular weight is 459 g/mol. The van der Waals surface area contributed by atoms with E-state index in [0.29, 0.717) is 17.9 Å². The number of para-hydroxylation sites is 1. The summed E-state index contributed by atoms with van der Waals surface area (Å²) >= 11 is 0. The SMILES string of the molecule is CC(=O)CCC(=O)NC1Cc2cccc(C(=O)OCOC(=O)CC3CCCCC3)c2OB1O. The first kappa shape index (κ1) is 24.8. The highest BCUT2D eigenvalue weighted by Gasteiger charge is 2.37. The second-order valence-corrected chi connectivity index (χ2v) is 8.66. The van der Waals surface area contributed by atoms with Gasteiger partial charge in [-0.25, -0.2) is 4.79 Å². The predicted octanol–water partition coefficient (Wildman–Crippen LogP) is 2.12. The molecule has 0 saturated heterocycles. The molecule has 33 heavy (non-hydrogen) atoms. The molecule has 1 unspecified atom stereocenters. The molecule has 1 fully saturated rings. The van der Waals surface area contributed by atoms with Crippen molar-refractivity contribution in [3.05, 3.63) is 29.3 Å². The summed E-state index contributed by atoms with van der Waals surface area (Å²) in [6, 6.07) is 4.85. The zero-order valence-electron chi connectivity index (χ0n) is 18.8. The quantitative estimate of drug-likeness (QED) is 0.327. The van der Waals surface area contributed by atoms with Crippen LogP contribution in [0.4, 0.5) is 0 Å². The van der Waals surface area contributed by atoms with Gasteiger partial charge in [-0.3, -0.25) is 9.59 Å². The van der Waals surface area contributed by atoms with Gasteiger partial charge in [-0.15, -0.1) is 0 Å². The maximum absolute atomic E-state index is 12.5. The third-order valence-electron chi connectivity index (χ3n) is 5.98. The van der Waals surface area contributed by atoms with Crippen LogP contribution in [0.3, 0.4) is 0 Å². The summed E-state index contributed by atoms with van der Waals surface area (Å²) in [6.45, 7) is 0.909. The van der Waals surface area contributed by atoms with Gasteiger partial charge in [0.15, 0.2) is 0 Å². The molecule has 10 heteroatoms. The Labute approximate surface area is 193 Å². The Morgan fingerprint density at radius 3 is 2.61 bits per heavy atom. The maximum Gasteiger partial charge on any atom is 0.547 e. The highest BCUT2D eigenvalue weighted by Crippen LogP contribution is 2.31. The van der Waals surface area contributed by atoms with Crippen molar-refractivity contribution >= 4 is 30.7 Å². The minimum Gasteiger partial charge on any atom is -0.534 e. The number of hydrogen-bond acceptors (Lipinski definition) is 8. The monoisotopic (exact) mass is 459 g/mol. The molecule has 1 saturated carbocycles. The van der Waals surface area contributed by atoms with Crippen LogP contribution in [0.15, 0.2) is 18.2 Å². The summed E-state index contributed by atoms with van der Waals surface area (Å²) in [5, 5.41) is 13.0. The molecule has 1 atom stereocenters. The van der Waals surface area contributed by atoms with Gasteiger partial charge in [-0.2, -0.15) is 0 Å². The lowest BCUT2D eigenvalue weighted by atomic mass is 9.72. The standard InChI is InChI=1S/C23H30BNO8/c1-15(26)10-11-20(27)25-19-13-17-8-5-9-18(22(17)33-24(19)30)23(29)32-14-31-21(28)12-16-6-3-2-4-7-16/h5,8-9,16,19,30H,2-4,6-7,10-14H2,1H3,(H,25,27). The second kappa shape index (κ2) is 11.8. The number of carbonyl (C=O) groups excluding carboxylic acids is 4.